The van der Waals surface area contributed by atoms with Crippen LogP contribution in [-0.4, -0.2) is 39.2 Å². The van der Waals surface area contributed by atoms with E-state index in [9.17, 15) is 4.79 Å². The van der Waals surface area contributed by atoms with Crippen molar-refractivity contribution < 1.29 is 4.79 Å². The SMILES string of the molecule is CCC(N)C(c1cnn(C)c1)N1CCCC1C(N)=O. The number of rotatable bonds is 5. The molecule has 0 aromatic carbocycles. The van der Waals surface area contributed by atoms with Crippen LogP contribution in [0.4, 0.5) is 0 Å². The van der Waals surface area contributed by atoms with Crippen LogP contribution in [0.1, 0.15) is 37.8 Å². The van der Waals surface area contributed by atoms with Crippen LogP contribution in [0.5, 0.6) is 0 Å². The zero-order valence-electron chi connectivity index (χ0n) is 11.6. The Morgan fingerprint density at radius 2 is 2.37 bits per heavy atom. The van der Waals surface area contributed by atoms with Gasteiger partial charge in [-0.3, -0.25) is 14.4 Å². The third kappa shape index (κ3) is 2.79. The Morgan fingerprint density at radius 3 is 2.89 bits per heavy atom. The normalized spacial score (nSPS) is 23.4. The van der Waals surface area contributed by atoms with Crippen LogP contribution >= 0.6 is 0 Å². The van der Waals surface area contributed by atoms with Gasteiger partial charge in [0.1, 0.15) is 0 Å². The van der Waals surface area contributed by atoms with E-state index in [1.807, 2.05) is 19.4 Å². The number of likely N-dealkylation sites (tertiary alicyclic amines) is 1. The first-order valence-electron chi connectivity index (χ1n) is 6.83. The standard InChI is InChI=1S/C13H23N5O/c1-3-10(14)12(9-7-16-17(2)8-9)18-6-4-5-11(18)13(15)19/h7-8,10-12H,3-6,14H2,1-2H3,(H2,15,19). The summed E-state index contributed by atoms with van der Waals surface area (Å²) in [4.78, 5) is 13.7. The maximum Gasteiger partial charge on any atom is 0.234 e. The van der Waals surface area contributed by atoms with Gasteiger partial charge in [-0.15, -0.1) is 0 Å². The molecule has 2 heterocycles. The summed E-state index contributed by atoms with van der Waals surface area (Å²) >= 11 is 0. The van der Waals surface area contributed by atoms with Crippen LogP contribution in [0.2, 0.25) is 0 Å². The molecule has 19 heavy (non-hydrogen) atoms. The molecule has 0 saturated carbocycles. The van der Waals surface area contributed by atoms with Crippen LogP contribution in [0.15, 0.2) is 12.4 Å². The molecule has 0 spiro atoms. The van der Waals surface area contributed by atoms with Gasteiger partial charge < -0.3 is 11.5 Å². The summed E-state index contributed by atoms with van der Waals surface area (Å²) in [5.74, 6) is -0.255. The molecule has 1 aliphatic rings. The van der Waals surface area contributed by atoms with Gasteiger partial charge in [-0.1, -0.05) is 6.92 Å². The molecule has 1 aliphatic heterocycles. The summed E-state index contributed by atoms with van der Waals surface area (Å²) in [5.41, 5.74) is 12.8. The molecule has 3 atom stereocenters. The van der Waals surface area contributed by atoms with Crippen molar-refractivity contribution >= 4 is 5.91 Å². The molecule has 1 fully saturated rings. The van der Waals surface area contributed by atoms with Crippen molar-refractivity contribution in [2.24, 2.45) is 18.5 Å². The van der Waals surface area contributed by atoms with Crippen molar-refractivity contribution in [2.45, 2.75) is 44.3 Å². The van der Waals surface area contributed by atoms with E-state index in [-0.39, 0.29) is 24.0 Å². The van der Waals surface area contributed by atoms with Crippen molar-refractivity contribution in [2.75, 3.05) is 6.54 Å². The van der Waals surface area contributed by atoms with Crippen LogP contribution in [0.3, 0.4) is 0 Å². The van der Waals surface area contributed by atoms with E-state index in [1.165, 1.54) is 0 Å². The lowest BCUT2D eigenvalue weighted by Gasteiger charge is -2.34. The number of nitrogens with zero attached hydrogens (tertiary/aromatic N) is 3. The van der Waals surface area contributed by atoms with Gasteiger partial charge in [-0.25, -0.2) is 0 Å². The van der Waals surface area contributed by atoms with E-state index in [0.717, 1.165) is 31.4 Å². The topological polar surface area (TPSA) is 90.2 Å². The second kappa shape index (κ2) is 5.71. The molecular formula is C13H23N5O. The van der Waals surface area contributed by atoms with Gasteiger partial charge in [0.2, 0.25) is 5.91 Å². The van der Waals surface area contributed by atoms with Gasteiger partial charge in [0.25, 0.3) is 0 Å². The van der Waals surface area contributed by atoms with Crippen molar-refractivity contribution in [3.8, 4) is 0 Å². The molecule has 1 aromatic heterocycles. The number of hydrogen-bond acceptors (Lipinski definition) is 4. The van der Waals surface area contributed by atoms with Gasteiger partial charge in [0.15, 0.2) is 0 Å². The van der Waals surface area contributed by atoms with Crippen molar-refractivity contribution in [3.05, 3.63) is 18.0 Å². The first kappa shape index (κ1) is 14.0. The third-order valence-electron chi connectivity index (χ3n) is 3.92. The minimum atomic E-state index is -0.255. The first-order valence-corrected chi connectivity index (χ1v) is 6.83. The number of hydrogen-bond donors (Lipinski definition) is 2. The fourth-order valence-electron chi connectivity index (χ4n) is 2.93. The predicted octanol–water partition coefficient (Wildman–Crippen LogP) is 0.148. The second-order valence-electron chi connectivity index (χ2n) is 5.26. The summed E-state index contributed by atoms with van der Waals surface area (Å²) in [7, 11) is 1.88. The molecule has 4 N–H and O–H groups in total. The Labute approximate surface area is 113 Å². The minimum Gasteiger partial charge on any atom is -0.368 e. The Kier molecular flexibility index (Phi) is 4.21. The highest BCUT2D eigenvalue weighted by Crippen LogP contribution is 2.32. The summed E-state index contributed by atoms with van der Waals surface area (Å²) < 4.78 is 1.76. The highest BCUT2D eigenvalue weighted by molar-refractivity contribution is 5.80. The lowest BCUT2D eigenvalue weighted by atomic mass is 9.98. The average Bonchev–Trinajstić information content (AvgIpc) is 2.99. The van der Waals surface area contributed by atoms with Gasteiger partial charge in [0.05, 0.1) is 18.3 Å². The molecule has 3 unspecified atom stereocenters. The molecule has 6 nitrogen and oxygen atoms in total. The minimum absolute atomic E-state index is 0.0127. The van der Waals surface area contributed by atoms with Gasteiger partial charge in [-0.05, 0) is 25.8 Å². The van der Waals surface area contributed by atoms with Crippen LogP contribution in [0, 0.1) is 0 Å². The molecule has 2 rings (SSSR count). The monoisotopic (exact) mass is 265 g/mol. The predicted molar refractivity (Wildman–Crippen MR) is 73.1 cm³/mol. The van der Waals surface area contributed by atoms with Crippen molar-refractivity contribution in [1.82, 2.24) is 14.7 Å². The number of nitrogens with two attached hydrogens (primary N) is 2. The van der Waals surface area contributed by atoms with E-state index in [4.69, 9.17) is 11.5 Å². The fourth-order valence-corrected chi connectivity index (χ4v) is 2.93. The Hall–Kier alpha value is -1.40. The van der Waals surface area contributed by atoms with Gasteiger partial charge in [-0.2, -0.15) is 5.10 Å². The summed E-state index contributed by atoms with van der Waals surface area (Å²) in [6, 6.07) is -0.217. The number of carbonyl (C=O) groups is 1. The largest absolute Gasteiger partial charge is 0.368 e. The average molecular weight is 265 g/mol. The highest BCUT2D eigenvalue weighted by atomic mass is 16.1. The second-order valence-corrected chi connectivity index (χ2v) is 5.26. The molecule has 106 valence electrons. The molecule has 0 bridgehead atoms. The van der Waals surface area contributed by atoms with Gasteiger partial charge >= 0.3 is 0 Å². The van der Waals surface area contributed by atoms with E-state index in [1.54, 1.807) is 4.68 Å². The van der Waals surface area contributed by atoms with E-state index in [0.29, 0.717) is 0 Å². The summed E-state index contributed by atoms with van der Waals surface area (Å²) in [5, 5.41) is 4.21. The first-order chi connectivity index (χ1) is 9.04. The highest BCUT2D eigenvalue weighted by Gasteiger charge is 2.37. The lowest BCUT2D eigenvalue weighted by molar-refractivity contribution is -0.123. The third-order valence-corrected chi connectivity index (χ3v) is 3.92. The quantitative estimate of drug-likeness (QED) is 0.793. The fraction of sp³-hybridized carbons (Fsp3) is 0.692. The number of carbonyl (C=O) groups excluding carboxylic acids is 1. The van der Waals surface area contributed by atoms with Crippen LogP contribution in [-0.2, 0) is 11.8 Å². The zero-order chi connectivity index (χ0) is 14.0. The molecule has 1 saturated heterocycles. The molecule has 1 amide bonds. The van der Waals surface area contributed by atoms with Crippen LogP contribution in [0.25, 0.3) is 0 Å². The van der Waals surface area contributed by atoms with E-state index < -0.39 is 0 Å². The van der Waals surface area contributed by atoms with Gasteiger partial charge in [0, 0.05) is 24.8 Å². The van der Waals surface area contributed by atoms with E-state index >= 15 is 0 Å². The summed E-state index contributed by atoms with van der Waals surface area (Å²) in [6.07, 6.45) is 6.46. The molecule has 6 heteroatoms. The van der Waals surface area contributed by atoms with Crippen molar-refractivity contribution in [1.29, 1.82) is 0 Å². The van der Waals surface area contributed by atoms with E-state index in [2.05, 4.69) is 16.9 Å². The summed E-state index contributed by atoms with van der Waals surface area (Å²) in [6.45, 7) is 2.92. The Morgan fingerprint density at radius 1 is 1.63 bits per heavy atom. The number of amides is 1. The smallest absolute Gasteiger partial charge is 0.234 e. The zero-order valence-corrected chi connectivity index (χ0v) is 11.6. The van der Waals surface area contributed by atoms with Crippen molar-refractivity contribution in [3.63, 3.8) is 0 Å². The maximum atomic E-state index is 11.6. The molecular weight excluding hydrogens is 242 g/mol. The number of aryl methyl sites for hydroxylation is 1. The molecule has 0 radical (unpaired) electrons. The number of primary amides is 1. The Balaban J connectivity index is 2.30. The lowest BCUT2D eigenvalue weighted by Crippen LogP contribution is -2.47. The molecule has 1 aromatic rings. The number of aromatic nitrogens is 2. The molecule has 0 aliphatic carbocycles. The Bertz CT molecular complexity index is 444. The van der Waals surface area contributed by atoms with Crippen LogP contribution < -0.4 is 11.5 Å². The maximum absolute atomic E-state index is 11.6.